The summed E-state index contributed by atoms with van der Waals surface area (Å²) in [6, 6.07) is 9.12. The Kier molecular flexibility index (Phi) is 6.51. The van der Waals surface area contributed by atoms with E-state index < -0.39 is 0 Å². The minimum atomic E-state index is -0.108. The van der Waals surface area contributed by atoms with Gasteiger partial charge in [0.15, 0.2) is 0 Å². The van der Waals surface area contributed by atoms with E-state index in [1.807, 2.05) is 24.3 Å². The van der Waals surface area contributed by atoms with Crippen LogP contribution in [0.3, 0.4) is 0 Å². The lowest BCUT2D eigenvalue weighted by molar-refractivity contribution is -0.114. The molecule has 0 atom stereocenters. The molecule has 0 saturated heterocycles. The fourth-order valence-corrected chi connectivity index (χ4v) is 2.35. The molecule has 132 valence electrons. The maximum atomic E-state index is 12.4. The zero-order valence-electron chi connectivity index (χ0n) is 14.9. The molecular formula is C19H24N4O2. The minimum Gasteiger partial charge on any atom is -0.354 e. The molecule has 0 fully saturated rings. The van der Waals surface area contributed by atoms with E-state index in [4.69, 9.17) is 0 Å². The van der Waals surface area contributed by atoms with Crippen LogP contribution >= 0.6 is 0 Å². The monoisotopic (exact) mass is 340 g/mol. The van der Waals surface area contributed by atoms with Crippen molar-refractivity contribution in [1.82, 2.24) is 9.88 Å². The lowest BCUT2D eigenvalue weighted by Crippen LogP contribution is -2.27. The molecular weight excluding hydrogens is 316 g/mol. The first-order chi connectivity index (χ1) is 12.0. The number of nitrogens with one attached hydrogen (secondary N) is 2. The highest BCUT2D eigenvalue weighted by molar-refractivity contribution is 5.94. The van der Waals surface area contributed by atoms with Crippen LogP contribution in [0.2, 0.25) is 0 Å². The molecule has 6 nitrogen and oxygen atoms in total. The van der Waals surface area contributed by atoms with Gasteiger partial charge in [-0.25, -0.2) is 0 Å². The summed E-state index contributed by atoms with van der Waals surface area (Å²) in [6.45, 7) is 4.30. The van der Waals surface area contributed by atoms with Crippen molar-refractivity contribution in [1.29, 1.82) is 0 Å². The Labute approximate surface area is 148 Å². The molecule has 2 aromatic rings. The van der Waals surface area contributed by atoms with Crippen molar-refractivity contribution in [2.24, 2.45) is 0 Å². The number of amides is 2. The van der Waals surface area contributed by atoms with Crippen LogP contribution in [0.25, 0.3) is 0 Å². The molecule has 2 rings (SSSR count). The molecule has 1 heterocycles. The number of aromatic nitrogens is 1. The second kappa shape index (κ2) is 8.82. The predicted molar refractivity (Wildman–Crippen MR) is 100 cm³/mol. The van der Waals surface area contributed by atoms with Gasteiger partial charge in [0.2, 0.25) is 5.91 Å². The van der Waals surface area contributed by atoms with Crippen LogP contribution in [0.5, 0.6) is 0 Å². The maximum Gasteiger partial charge on any atom is 0.255 e. The van der Waals surface area contributed by atoms with Gasteiger partial charge in [-0.3, -0.25) is 14.6 Å². The number of hydrogen-bond donors (Lipinski definition) is 2. The van der Waals surface area contributed by atoms with E-state index in [0.29, 0.717) is 5.56 Å². The number of carbonyl (C=O) groups is 2. The van der Waals surface area contributed by atoms with Crippen molar-refractivity contribution in [3.05, 3.63) is 48.3 Å². The van der Waals surface area contributed by atoms with Gasteiger partial charge >= 0.3 is 0 Å². The number of hydrogen-bond acceptors (Lipinski definition) is 4. The van der Waals surface area contributed by atoms with Gasteiger partial charge in [-0.05, 0) is 36.8 Å². The smallest absolute Gasteiger partial charge is 0.255 e. The Morgan fingerprint density at radius 1 is 1.08 bits per heavy atom. The van der Waals surface area contributed by atoms with Crippen LogP contribution in [0.4, 0.5) is 17.1 Å². The van der Waals surface area contributed by atoms with Crippen LogP contribution in [0.15, 0.2) is 42.7 Å². The Morgan fingerprint density at radius 3 is 2.40 bits per heavy atom. The SMILES string of the molecule is CCCCN(C)C(=O)c1cncc(Nc2ccc(NC(C)=O)cc2)c1. The summed E-state index contributed by atoms with van der Waals surface area (Å²) in [5.74, 6) is -0.145. The van der Waals surface area contributed by atoms with Crippen molar-refractivity contribution in [2.75, 3.05) is 24.2 Å². The summed E-state index contributed by atoms with van der Waals surface area (Å²) in [4.78, 5) is 29.3. The largest absolute Gasteiger partial charge is 0.354 e. The molecule has 0 radical (unpaired) electrons. The third-order valence-electron chi connectivity index (χ3n) is 3.67. The Bertz CT molecular complexity index is 728. The van der Waals surface area contributed by atoms with Gasteiger partial charge in [-0.1, -0.05) is 13.3 Å². The second-order valence-corrected chi connectivity index (χ2v) is 5.93. The van der Waals surface area contributed by atoms with Gasteiger partial charge in [0.25, 0.3) is 5.91 Å². The molecule has 0 bridgehead atoms. The fraction of sp³-hybridized carbons (Fsp3) is 0.316. The lowest BCUT2D eigenvalue weighted by atomic mass is 10.2. The van der Waals surface area contributed by atoms with Crippen molar-refractivity contribution in [3.63, 3.8) is 0 Å². The van der Waals surface area contributed by atoms with Crippen molar-refractivity contribution in [2.45, 2.75) is 26.7 Å². The highest BCUT2D eigenvalue weighted by Crippen LogP contribution is 2.19. The van der Waals surface area contributed by atoms with Gasteiger partial charge in [0, 0.05) is 38.1 Å². The van der Waals surface area contributed by atoms with E-state index in [9.17, 15) is 9.59 Å². The zero-order chi connectivity index (χ0) is 18.2. The van der Waals surface area contributed by atoms with Crippen LogP contribution in [-0.2, 0) is 4.79 Å². The number of carbonyl (C=O) groups excluding carboxylic acids is 2. The van der Waals surface area contributed by atoms with E-state index in [0.717, 1.165) is 36.4 Å². The van der Waals surface area contributed by atoms with Gasteiger partial charge < -0.3 is 15.5 Å². The van der Waals surface area contributed by atoms with E-state index in [-0.39, 0.29) is 11.8 Å². The van der Waals surface area contributed by atoms with Crippen LogP contribution in [-0.4, -0.2) is 35.3 Å². The van der Waals surface area contributed by atoms with Gasteiger partial charge in [-0.2, -0.15) is 0 Å². The summed E-state index contributed by atoms with van der Waals surface area (Å²) in [5, 5.41) is 5.94. The van der Waals surface area contributed by atoms with Crippen molar-refractivity contribution in [3.8, 4) is 0 Å². The van der Waals surface area contributed by atoms with E-state index in [2.05, 4.69) is 22.5 Å². The molecule has 1 aromatic carbocycles. The maximum absolute atomic E-state index is 12.4. The number of nitrogens with zero attached hydrogens (tertiary/aromatic N) is 2. The first-order valence-corrected chi connectivity index (χ1v) is 8.34. The average Bonchev–Trinajstić information content (AvgIpc) is 2.60. The zero-order valence-corrected chi connectivity index (χ0v) is 14.9. The fourth-order valence-electron chi connectivity index (χ4n) is 2.35. The number of benzene rings is 1. The van der Waals surface area contributed by atoms with Crippen LogP contribution < -0.4 is 10.6 Å². The molecule has 0 aliphatic carbocycles. The van der Waals surface area contributed by atoms with Gasteiger partial charge in [0.05, 0.1) is 17.4 Å². The third kappa shape index (κ3) is 5.60. The number of anilines is 3. The lowest BCUT2D eigenvalue weighted by Gasteiger charge is -2.17. The van der Waals surface area contributed by atoms with Crippen LogP contribution in [0, 0.1) is 0 Å². The highest BCUT2D eigenvalue weighted by atomic mass is 16.2. The quantitative estimate of drug-likeness (QED) is 0.807. The molecule has 0 saturated carbocycles. The molecule has 2 N–H and O–H groups in total. The summed E-state index contributed by atoms with van der Waals surface area (Å²) in [7, 11) is 1.80. The summed E-state index contributed by atoms with van der Waals surface area (Å²) in [5.41, 5.74) is 2.87. The molecule has 0 spiro atoms. The number of pyridine rings is 1. The molecule has 0 aliphatic heterocycles. The second-order valence-electron chi connectivity index (χ2n) is 5.93. The topological polar surface area (TPSA) is 74.3 Å². The Balaban J connectivity index is 2.05. The van der Waals surface area contributed by atoms with Crippen molar-refractivity contribution < 1.29 is 9.59 Å². The third-order valence-corrected chi connectivity index (χ3v) is 3.67. The number of rotatable bonds is 7. The number of unbranched alkanes of at least 4 members (excludes halogenated alkanes) is 1. The summed E-state index contributed by atoms with van der Waals surface area (Å²) < 4.78 is 0. The first kappa shape index (κ1) is 18.4. The normalized spacial score (nSPS) is 10.2. The summed E-state index contributed by atoms with van der Waals surface area (Å²) >= 11 is 0. The molecule has 0 unspecified atom stereocenters. The molecule has 0 aliphatic rings. The van der Waals surface area contributed by atoms with Gasteiger partial charge in [-0.15, -0.1) is 0 Å². The predicted octanol–water partition coefficient (Wildman–Crippen LogP) is 3.66. The molecule has 2 amide bonds. The molecule has 6 heteroatoms. The average molecular weight is 340 g/mol. The highest BCUT2D eigenvalue weighted by Gasteiger charge is 2.12. The molecule has 1 aromatic heterocycles. The van der Waals surface area contributed by atoms with E-state index in [1.54, 1.807) is 30.4 Å². The standard InChI is InChI=1S/C19H24N4O2/c1-4-5-10-23(3)19(25)15-11-18(13-20-12-15)22-17-8-6-16(7-9-17)21-14(2)24/h6-9,11-13,22H,4-5,10H2,1-3H3,(H,21,24). The van der Waals surface area contributed by atoms with E-state index in [1.165, 1.54) is 6.92 Å². The molecule has 25 heavy (non-hydrogen) atoms. The van der Waals surface area contributed by atoms with Crippen molar-refractivity contribution >= 4 is 28.9 Å². The van der Waals surface area contributed by atoms with E-state index >= 15 is 0 Å². The Morgan fingerprint density at radius 2 is 1.76 bits per heavy atom. The first-order valence-electron chi connectivity index (χ1n) is 8.34. The Hall–Kier alpha value is -2.89. The minimum absolute atomic E-state index is 0.0365. The van der Waals surface area contributed by atoms with Crippen LogP contribution in [0.1, 0.15) is 37.0 Å². The summed E-state index contributed by atoms with van der Waals surface area (Å²) in [6.07, 6.45) is 5.28. The van der Waals surface area contributed by atoms with Gasteiger partial charge in [0.1, 0.15) is 0 Å².